The van der Waals surface area contributed by atoms with Crippen molar-refractivity contribution in [1.29, 1.82) is 0 Å². The Morgan fingerprint density at radius 2 is 2.06 bits per heavy atom. The number of carbonyl (C=O) groups excluding carboxylic acids is 2. The van der Waals surface area contributed by atoms with Crippen LogP contribution < -0.4 is 11.6 Å². The first-order valence-electron chi connectivity index (χ1n) is 11.5. The lowest BCUT2D eigenvalue weighted by Crippen LogP contribution is -2.38. The third kappa shape index (κ3) is 5.36. The van der Waals surface area contributed by atoms with Crippen LogP contribution in [-0.2, 0) is 4.79 Å². The van der Waals surface area contributed by atoms with Gasteiger partial charge in [0.2, 0.25) is 5.91 Å². The number of aromatic amines is 1. The highest BCUT2D eigenvalue weighted by molar-refractivity contribution is 6.03. The first-order valence-corrected chi connectivity index (χ1v) is 11.5. The van der Waals surface area contributed by atoms with Gasteiger partial charge < -0.3 is 25.5 Å². The zero-order valence-electron chi connectivity index (χ0n) is 20.1. The molecule has 182 valence electrons. The summed E-state index contributed by atoms with van der Waals surface area (Å²) < 4.78 is 0. The van der Waals surface area contributed by atoms with E-state index in [2.05, 4.69) is 22.1 Å². The molecule has 3 heterocycles. The fraction of sp³-hybridized carbons (Fsp3) is 0.269. The molecule has 0 aliphatic carbocycles. The fourth-order valence-corrected chi connectivity index (χ4v) is 4.25. The minimum atomic E-state index is -0.0956. The van der Waals surface area contributed by atoms with Gasteiger partial charge in [-0.1, -0.05) is 12.1 Å². The van der Waals surface area contributed by atoms with Crippen LogP contribution in [0.4, 0.5) is 0 Å². The Morgan fingerprint density at radius 3 is 2.77 bits per heavy atom. The van der Waals surface area contributed by atoms with Crippen molar-refractivity contribution in [2.24, 2.45) is 11.6 Å². The van der Waals surface area contributed by atoms with Crippen LogP contribution in [0.1, 0.15) is 28.9 Å². The summed E-state index contributed by atoms with van der Waals surface area (Å²) in [6, 6.07) is 11.8. The predicted octanol–water partition coefficient (Wildman–Crippen LogP) is 2.54. The van der Waals surface area contributed by atoms with Crippen molar-refractivity contribution in [3.63, 3.8) is 0 Å². The smallest absolute Gasteiger partial charge is 0.269 e. The summed E-state index contributed by atoms with van der Waals surface area (Å²) in [7, 11) is 3.46. The normalized spacial score (nSPS) is 13.8. The van der Waals surface area contributed by atoms with Crippen molar-refractivity contribution in [3.05, 3.63) is 72.3 Å². The lowest BCUT2D eigenvalue weighted by atomic mass is 9.95. The third-order valence-corrected chi connectivity index (χ3v) is 6.05. The summed E-state index contributed by atoms with van der Waals surface area (Å²) in [6.07, 6.45) is 7.89. The number of aromatic nitrogens is 2. The maximum Gasteiger partial charge on any atom is 0.269 e. The van der Waals surface area contributed by atoms with Crippen LogP contribution in [0.25, 0.3) is 27.7 Å². The van der Waals surface area contributed by atoms with Gasteiger partial charge >= 0.3 is 0 Å². The van der Waals surface area contributed by atoms with Crippen LogP contribution >= 0.6 is 0 Å². The number of hydrazine groups is 1. The molecule has 0 unspecified atom stereocenters. The van der Waals surface area contributed by atoms with Crippen LogP contribution in [-0.4, -0.2) is 70.3 Å². The molecule has 1 aliphatic rings. The summed E-state index contributed by atoms with van der Waals surface area (Å²) in [5.74, 6) is 5.74. The van der Waals surface area contributed by atoms with Gasteiger partial charge in [0.1, 0.15) is 5.69 Å². The number of nitrogens with one attached hydrogen (secondary N) is 1. The van der Waals surface area contributed by atoms with Gasteiger partial charge in [-0.05, 0) is 47.9 Å². The van der Waals surface area contributed by atoms with E-state index in [1.165, 1.54) is 17.4 Å². The molecular weight excluding hydrogens is 442 g/mol. The van der Waals surface area contributed by atoms with Crippen LogP contribution in [0, 0.1) is 0 Å². The molecule has 4 rings (SSSR count). The Hall–Kier alpha value is -4.11. The van der Waals surface area contributed by atoms with Crippen molar-refractivity contribution in [2.75, 3.05) is 33.7 Å². The summed E-state index contributed by atoms with van der Waals surface area (Å²) in [5.41, 5.74) is 10.5. The highest BCUT2D eigenvalue weighted by Crippen LogP contribution is 2.33. The molecule has 1 aromatic carbocycles. The van der Waals surface area contributed by atoms with Gasteiger partial charge in [0.05, 0.1) is 5.69 Å². The Balaban J connectivity index is 1.66. The number of hydrogen-bond acceptors (Lipinski definition) is 6. The highest BCUT2D eigenvalue weighted by Gasteiger charge is 2.21. The second-order valence-corrected chi connectivity index (χ2v) is 8.75. The van der Waals surface area contributed by atoms with Crippen molar-refractivity contribution in [2.45, 2.75) is 12.8 Å². The number of pyridine rings is 1. The Labute approximate surface area is 204 Å². The van der Waals surface area contributed by atoms with Gasteiger partial charge in [-0.25, -0.2) is 5.84 Å². The van der Waals surface area contributed by atoms with Crippen LogP contribution in [0.5, 0.6) is 0 Å². The average molecular weight is 474 g/mol. The van der Waals surface area contributed by atoms with E-state index in [-0.39, 0.29) is 11.8 Å². The van der Waals surface area contributed by atoms with Gasteiger partial charge in [0.25, 0.3) is 5.91 Å². The zero-order chi connectivity index (χ0) is 24.9. The second kappa shape index (κ2) is 10.4. The summed E-state index contributed by atoms with van der Waals surface area (Å²) in [4.78, 5) is 36.7. The van der Waals surface area contributed by atoms with E-state index in [1.807, 2.05) is 35.2 Å². The molecule has 0 fully saturated rings. The van der Waals surface area contributed by atoms with Crippen molar-refractivity contribution in [1.82, 2.24) is 24.8 Å². The number of rotatable bonds is 7. The molecule has 0 saturated carbocycles. The predicted molar refractivity (Wildman–Crippen MR) is 138 cm³/mol. The van der Waals surface area contributed by atoms with E-state index in [0.29, 0.717) is 31.7 Å². The maximum absolute atomic E-state index is 12.8. The molecule has 9 heteroatoms. The SMILES string of the molecule is CN(C)C(=O)c1cc2c(-c3ccccn3)cc(C3=CCCN(C(=O)CCN(N)/C=C\N)C3)cc2[nH]1. The van der Waals surface area contributed by atoms with Crippen molar-refractivity contribution >= 4 is 28.3 Å². The van der Waals surface area contributed by atoms with E-state index in [9.17, 15) is 9.59 Å². The Morgan fingerprint density at radius 1 is 1.23 bits per heavy atom. The molecule has 0 atom stereocenters. The summed E-state index contributed by atoms with van der Waals surface area (Å²) in [6.45, 7) is 1.56. The van der Waals surface area contributed by atoms with Crippen molar-refractivity contribution < 1.29 is 9.59 Å². The minimum absolute atomic E-state index is 0.0428. The molecule has 0 spiro atoms. The first-order chi connectivity index (χ1) is 16.9. The standard InChI is InChI=1S/C26H31N7O2/c1-31(2)26(35)24-16-21-20(22-7-3-4-10-29-22)14-19(15-23(21)30-24)18-6-5-11-32(17-18)25(34)8-12-33(28)13-9-27/h3-4,6-7,9-10,13-16,30H,5,8,11-12,17,27-28H2,1-2H3/b13-9-. The molecule has 35 heavy (non-hydrogen) atoms. The lowest BCUT2D eigenvalue weighted by molar-refractivity contribution is -0.130. The quantitative estimate of drug-likeness (QED) is 0.358. The minimum Gasteiger partial charge on any atom is -0.403 e. The number of benzene rings is 1. The molecule has 2 aromatic heterocycles. The van der Waals surface area contributed by atoms with Gasteiger partial charge in [-0.15, -0.1) is 0 Å². The molecule has 5 N–H and O–H groups in total. The van der Waals surface area contributed by atoms with Crippen LogP contribution in [0.2, 0.25) is 0 Å². The number of nitrogens with two attached hydrogens (primary N) is 2. The van der Waals surface area contributed by atoms with Gasteiger partial charge in [-0.3, -0.25) is 14.6 Å². The molecule has 0 saturated heterocycles. The Bertz CT molecular complexity index is 1280. The fourth-order valence-electron chi connectivity index (χ4n) is 4.25. The summed E-state index contributed by atoms with van der Waals surface area (Å²) >= 11 is 0. The number of fused-ring (bicyclic) bond motifs is 1. The average Bonchev–Trinajstić information content (AvgIpc) is 3.31. The molecule has 2 amide bonds. The zero-order valence-corrected chi connectivity index (χ0v) is 20.1. The number of H-pyrrole nitrogens is 1. The summed E-state index contributed by atoms with van der Waals surface area (Å²) in [5, 5.41) is 2.33. The third-order valence-electron chi connectivity index (χ3n) is 6.05. The van der Waals surface area contributed by atoms with Crippen molar-refractivity contribution in [3.8, 4) is 11.3 Å². The number of carbonyl (C=O) groups is 2. The van der Waals surface area contributed by atoms with E-state index in [4.69, 9.17) is 11.6 Å². The first kappa shape index (κ1) is 24.0. The number of nitrogens with zero attached hydrogens (tertiary/aromatic N) is 4. The highest BCUT2D eigenvalue weighted by atomic mass is 16.2. The molecular formula is C26H31N7O2. The molecule has 9 nitrogen and oxygen atoms in total. The molecule has 3 aromatic rings. The monoisotopic (exact) mass is 473 g/mol. The van der Waals surface area contributed by atoms with E-state index < -0.39 is 0 Å². The van der Waals surface area contributed by atoms with Crippen LogP contribution in [0.3, 0.4) is 0 Å². The maximum atomic E-state index is 12.8. The molecule has 1 aliphatic heterocycles. The Kier molecular flexibility index (Phi) is 7.17. The van der Waals surface area contributed by atoms with Gasteiger partial charge in [-0.2, -0.15) is 0 Å². The lowest BCUT2D eigenvalue weighted by Gasteiger charge is -2.28. The van der Waals surface area contributed by atoms with E-state index in [1.54, 1.807) is 25.2 Å². The van der Waals surface area contributed by atoms with Gasteiger partial charge in [0, 0.05) is 75.2 Å². The van der Waals surface area contributed by atoms with E-state index >= 15 is 0 Å². The van der Waals surface area contributed by atoms with E-state index in [0.717, 1.165) is 39.7 Å². The number of amides is 2. The molecule has 0 radical (unpaired) electrons. The van der Waals surface area contributed by atoms with Gasteiger partial charge in [0.15, 0.2) is 0 Å². The van der Waals surface area contributed by atoms with Crippen LogP contribution in [0.15, 0.2) is 61.1 Å². The molecule has 0 bridgehead atoms. The topological polar surface area (TPSA) is 125 Å². The number of hydrogen-bond donors (Lipinski definition) is 3. The largest absolute Gasteiger partial charge is 0.403 e. The second-order valence-electron chi connectivity index (χ2n) is 8.75.